The van der Waals surface area contributed by atoms with E-state index in [1.165, 1.54) is 161 Å². The third-order valence-corrected chi connectivity index (χ3v) is 18.8. The quantitative estimate of drug-likeness (QED) is 0.0169. The molecule has 0 rings (SSSR count). The summed E-state index contributed by atoms with van der Waals surface area (Å²) in [5, 5.41) is 10.6. The van der Waals surface area contributed by atoms with Gasteiger partial charge in [-0.2, -0.15) is 0 Å². The van der Waals surface area contributed by atoms with Gasteiger partial charge in [-0.25, -0.2) is 9.13 Å². The Labute approximate surface area is 567 Å². The van der Waals surface area contributed by atoms with Crippen LogP contribution < -0.4 is 0 Å². The van der Waals surface area contributed by atoms with Crippen LogP contribution in [0, 0.1) is 11.8 Å². The summed E-state index contributed by atoms with van der Waals surface area (Å²) in [5.41, 5.74) is 0. The summed E-state index contributed by atoms with van der Waals surface area (Å²) in [6, 6.07) is 0. The van der Waals surface area contributed by atoms with E-state index in [9.17, 15) is 43.2 Å². The SMILES string of the molecule is CCCCCC/C=C\C=C/CCCCCCCC(=O)O[C@H](COC(=O)CCCCCCCCCCCCCCCCC)COP(=O)(O)OC[C@@H](O)COP(=O)(O)OC[C@@H](COC(=O)CCCCCCCCCCC(C)C)OC(=O)CCCCCCCCCCC(C)CC. The van der Waals surface area contributed by atoms with Crippen LogP contribution in [0.3, 0.4) is 0 Å². The molecule has 0 spiro atoms. The third kappa shape index (κ3) is 66.6. The van der Waals surface area contributed by atoms with Gasteiger partial charge < -0.3 is 33.8 Å². The topological polar surface area (TPSA) is 237 Å². The molecule has 6 atom stereocenters. The Morgan fingerprint density at radius 1 is 0.355 bits per heavy atom. The van der Waals surface area contributed by atoms with Crippen LogP contribution in [0.5, 0.6) is 0 Å². The molecular weight excluding hydrogens is 1220 g/mol. The maximum atomic E-state index is 13.1. The fourth-order valence-corrected chi connectivity index (χ4v) is 12.3. The number of ether oxygens (including phenoxy) is 4. The minimum atomic E-state index is -4.96. The van der Waals surface area contributed by atoms with E-state index in [2.05, 4.69) is 65.8 Å². The zero-order valence-electron chi connectivity index (χ0n) is 60.0. The average Bonchev–Trinajstić information content (AvgIpc) is 3.06. The minimum absolute atomic E-state index is 0.0853. The normalized spacial score (nSPS) is 14.5. The Balaban J connectivity index is 5.30. The van der Waals surface area contributed by atoms with Crippen molar-refractivity contribution in [3.63, 3.8) is 0 Å². The number of hydrogen-bond acceptors (Lipinski definition) is 15. The lowest BCUT2D eigenvalue weighted by atomic mass is 9.99. The van der Waals surface area contributed by atoms with Crippen LogP contribution in [-0.4, -0.2) is 96.7 Å². The van der Waals surface area contributed by atoms with Crippen molar-refractivity contribution in [3.8, 4) is 0 Å². The van der Waals surface area contributed by atoms with Gasteiger partial charge in [0.25, 0.3) is 0 Å². The molecule has 0 aromatic heterocycles. The average molecular weight is 1360 g/mol. The number of allylic oxidation sites excluding steroid dienone is 4. The standard InChI is InChI=1S/C74H140O17P2/c1-7-10-12-14-16-18-20-22-24-26-28-30-38-44-50-56-71(76)84-62-69(90-73(78)58-52-46-40-31-29-27-25-23-21-19-17-15-13-11-8-2)64-88-92(80,81)86-60-68(75)61-87-93(82,83)89-65-70(63-85-72(77)57-51-45-39-34-32-36-42-48-54-66(4)5)91-74(79)59-53-47-41-35-33-37-43-49-55-67(6)9-3/h19,21,23,25,66-70,75H,7-18,20,22,24,26-65H2,1-6H3,(H,80,81)(H,82,83)/b21-19-,25-23-/t67?,68-,69-,70-/m1/s1. The fourth-order valence-electron chi connectivity index (χ4n) is 10.7. The second-order valence-corrected chi connectivity index (χ2v) is 29.6. The van der Waals surface area contributed by atoms with E-state index in [4.69, 9.17) is 37.0 Å². The molecule has 93 heavy (non-hydrogen) atoms. The van der Waals surface area contributed by atoms with Crippen molar-refractivity contribution in [1.82, 2.24) is 0 Å². The van der Waals surface area contributed by atoms with E-state index in [0.717, 1.165) is 115 Å². The first kappa shape index (κ1) is 90.5. The van der Waals surface area contributed by atoms with E-state index in [-0.39, 0.29) is 25.7 Å². The van der Waals surface area contributed by atoms with Gasteiger partial charge in [-0.05, 0) is 63.2 Å². The summed E-state index contributed by atoms with van der Waals surface area (Å²) in [5.74, 6) is -0.658. The maximum absolute atomic E-state index is 13.1. The van der Waals surface area contributed by atoms with E-state index in [1.807, 2.05) is 0 Å². The second kappa shape index (κ2) is 65.5. The molecule has 3 N–H and O–H groups in total. The van der Waals surface area contributed by atoms with Crippen LogP contribution in [0.15, 0.2) is 24.3 Å². The van der Waals surface area contributed by atoms with Gasteiger partial charge in [-0.3, -0.25) is 37.3 Å². The van der Waals surface area contributed by atoms with E-state index in [0.29, 0.717) is 25.7 Å². The lowest BCUT2D eigenvalue weighted by Crippen LogP contribution is -2.30. The first-order chi connectivity index (χ1) is 44.9. The van der Waals surface area contributed by atoms with Crippen molar-refractivity contribution in [2.24, 2.45) is 11.8 Å². The molecule has 548 valence electrons. The highest BCUT2D eigenvalue weighted by atomic mass is 31.2. The van der Waals surface area contributed by atoms with Crippen LogP contribution in [0.25, 0.3) is 0 Å². The Morgan fingerprint density at radius 2 is 0.634 bits per heavy atom. The van der Waals surface area contributed by atoms with Crippen molar-refractivity contribution in [1.29, 1.82) is 0 Å². The maximum Gasteiger partial charge on any atom is 0.472 e. The fraction of sp³-hybridized carbons (Fsp3) is 0.892. The highest BCUT2D eigenvalue weighted by molar-refractivity contribution is 7.47. The predicted molar refractivity (Wildman–Crippen MR) is 377 cm³/mol. The number of unbranched alkanes of at least 4 members (excludes halogenated alkanes) is 37. The number of rotatable bonds is 71. The van der Waals surface area contributed by atoms with E-state index < -0.39 is 97.5 Å². The monoisotopic (exact) mass is 1360 g/mol. The molecule has 0 aromatic carbocycles. The first-order valence-electron chi connectivity index (χ1n) is 37.8. The molecule has 0 aliphatic heterocycles. The van der Waals surface area contributed by atoms with Gasteiger partial charge in [0, 0.05) is 25.7 Å². The summed E-state index contributed by atoms with van der Waals surface area (Å²) in [7, 11) is -9.92. The summed E-state index contributed by atoms with van der Waals surface area (Å²) in [6.45, 7) is 9.47. The van der Waals surface area contributed by atoms with Crippen LogP contribution in [-0.2, 0) is 65.4 Å². The number of aliphatic hydroxyl groups is 1. The van der Waals surface area contributed by atoms with Crippen molar-refractivity contribution >= 4 is 39.5 Å². The predicted octanol–water partition coefficient (Wildman–Crippen LogP) is 21.1. The van der Waals surface area contributed by atoms with E-state index >= 15 is 0 Å². The van der Waals surface area contributed by atoms with Gasteiger partial charge in [-0.15, -0.1) is 0 Å². The number of phosphoric acid groups is 2. The van der Waals surface area contributed by atoms with Gasteiger partial charge in [0.15, 0.2) is 12.2 Å². The second-order valence-electron chi connectivity index (χ2n) is 26.7. The smallest absolute Gasteiger partial charge is 0.462 e. The van der Waals surface area contributed by atoms with Gasteiger partial charge >= 0.3 is 39.5 Å². The molecule has 0 aliphatic carbocycles. The molecular formula is C74H140O17P2. The number of phosphoric ester groups is 2. The van der Waals surface area contributed by atoms with Crippen molar-refractivity contribution in [2.45, 2.75) is 374 Å². The highest BCUT2D eigenvalue weighted by Gasteiger charge is 2.30. The minimum Gasteiger partial charge on any atom is -0.462 e. The molecule has 0 saturated carbocycles. The largest absolute Gasteiger partial charge is 0.472 e. The Morgan fingerprint density at radius 3 is 0.968 bits per heavy atom. The van der Waals surface area contributed by atoms with Crippen LogP contribution in [0.1, 0.15) is 356 Å². The first-order valence-corrected chi connectivity index (χ1v) is 40.8. The molecule has 0 fully saturated rings. The Kier molecular flexibility index (Phi) is 63.7. The van der Waals surface area contributed by atoms with E-state index in [1.54, 1.807) is 0 Å². The van der Waals surface area contributed by atoms with Crippen molar-refractivity contribution < 1.29 is 80.2 Å². The van der Waals surface area contributed by atoms with Crippen molar-refractivity contribution in [3.05, 3.63) is 24.3 Å². The molecule has 0 aromatic rings. The lowest BCUT2D eigenvalue weighted by molar-refractivity contribution is -0.161. The van der Waals surface area contributed by atoms with Gasteiger partial charge in [0.2, 0.25) is 0 Å². The van der Waals surface area contributed by atoms with Gasteiger partial charge in [0.05, 0.1) is 26.4 Å². The number of esters is 4. The molecule has 0 aliphatic rings. The molecule has 3 unspecified atom stereocenters. The number of hydrogen-bond donors (Lipinski definition) is 3. The number of aliphatic hydroxyl groups excluding tert-OH is 1. The number of carbonyl (C=O) groups excluding carboxylic acids is 4. The lowest BCUT2D eigenvalue weighted by Gasteiger charge is -2.21. The molecule has 0 heterocycles. The van der Waals surface area contributed by atoms with Crippen LogP contribution in [0.2, 0.25) is 0 Å². The third-order valence-electron chi connectivity index (χ3n) is 16.9. The molecule has 0 bridgehead atoms. The Hall–Kier alpha value is -2.46. The zero-order valence-corrected chi connectivity index (χ0v) is 61.8. The van der Waals surface area contributed by atoms with Crippen LogP contribution in [0.4, 0.5) is 0 Å². The summed E-state index contributed by atoms with van der Waals surface area (Å²) < 4.78 is 68.4. The molecule has 0 saturated heterocycles. The highest BCUT2D eigenvalue weighted by Crippen LogP contribution is 2.45. The van der Waals surface area contributed by atoms with Gasteiger partial charge in [-0.1, -0.05) is 303 Å². The Bertz CT molecular complexity index is 1900. The number of carbonyl (C=O) groups is 4. The summed E-state index contributed by atoms with van der Waals surface area (Å²) in [6.07, 6.45) is 54.8. The summed E-state index contributed by atoms with van der Waals surface area (Å²) >= 11 is 0. The molecule has 0 radical (unpaired) electrons. The molecule has 0 amide bonds. The molecule has 19 heteroatoms. The zero-order chi connectivity index (χ0) is 68.6. The summed E-state index contributed by atoms with van der Waals surface area (Å²) in [4.78, 5) is 72.7. The molecule has 17 nitrogen and oxygen atoms in total. The van der Waals surface area contributed by atoms with Gasteiger partial charge in [0.1, 0.15) is 19.3 Å². The van der Waals surface area contributed by atoms with Crippen molar-refractivity contribution in [2.75, 3.05) is 39.6 Å². The van der Waals surface area contributed by atoms with Crippen LogP contribution >= 0.6 is 15.6 Å².